The van der Waals surface area contributed by atoms with E-state index in [0.717, 1.165) is 29.7 Å². The SMILES string of the molecule is CCc1cc(C)nc(NC2CC2C)n1. The Labute approximate surface area is 85.0 Å². The minimum Gasteiger partial charge on any atom is -0.351 e. The molecule has 3 nitrogen and oxygen atoms in total. The third-order valence-electron chi connectivity index (χ3n) is 2.69. The molecule has 3 heteroatoms. The van der Waals surface area contributed by atoms with E-state index in [1.807, 2.05) is 13.0 Å². The predicted octanol–water partition coefficient (Wildman–Crippen LogP) is 2.17. The molecule has 76 valence electrons. The maximum atomic E-state index is 4.44. The summed E-state index contributed by atoms with van der Waals surface area (Å²) >= 11 is 0. The first kappa shape index (κ1) is 9.44. The van der Waals surface area contributed by atoms with Gasteiger partial charge in [0.1, 0.15) is 0 Å². The minimum absolute atomic E-state index is 0.599. The zero-order chi connectivity index (χ0) is 10.1. The lowest BCUT2D eigenvalue weighted by Crippen LogP contribution is -2.09. The van der Waals surface area contributed by atoms with Crippen molar-refractivity contribution in [3.8, 4) is 0 Å². The van der Waals surface area contributed by atoms with E-state index in [1.165, 1.54) is 6.42 Å². The quantitative estimate of drug-likeness (QED) is 0.795. The van der Waals surface area contributed by atoms with E-state index in [0.29, 0.717) is 6.04 Å². The van der Waals surface area contributed by atoms with Crippen LogP contribution in [-0.2, 0) is 6.42 Å². The summed E-state index contributed by atoms with van der Waals surface area (Å²) in [4.78, 5) is 8.82. The number of nitrogens with zero attached hydrogens (tertiary/aromatic N) is 2. The maximum Gasteiger partial charge on any atom is 0.223 e. The second kappa shape index (κ2) is 3.56. The fourth-order valence-corrected chi connectivity index (χ4v) is 1.57. The molecule has 1 aromatic heterocycles. The van der Waals surface area contributed by atoms with Gasteiger partial charge >= 0.3 is 0 Å². The van der Waals surface area contributed by atoms with Crippen molar-refractivity contribution >= 4 is 5.95 Å². The fraction of sp³-hybridized carbons (Fsp3) is 0.636. The number of hydrogen-bond donors (Lipinski definition) is 1. The number of aryl methyl sites for hydroxylation is 2. The van der Waals surface area contributed by atoms with Gasteiger partial charge in [-0.2, -0.15) is 0 Å². The first-order valence-corrected chi connectivity index (χ1v) is 5.30. The Hall–Kier alpha value is -1.12. The molecule has 0 spiro atoms. The van der Waals surface area contributed by atoms with Crippen molar-refractivity contribution in [3.63, 3.8) is 0 Å². The molecular weight excluding hydrogens is 174 g/mol. The molecule has 2 unspecified atom stereocenters. The molecule has 0 aromatic carbocycles. The van der Waals surface area contributed by atoms with E-state index in [4.69, 9.17) is 0 Å². The summed E-state index contributed by atoms with van der Waals surface area (Å²) < 4.78 is 0. The molecule has 1 saturated carbocycles. The van der Waals surface area contributed by atoms with Crippen LogP contribution in [0.25, 0.3) is 0 Å². The van der Waals surface area contributed by atoms with Gasteiger partial charge in [-0.15, -0.1) is 0 Å². The topological polar surface area (TPSA) is 37.8 Å². The normalized spacial score (nSPS) is 24.8. The summed E-state index contributed by atoms with van der Waals surface area (Å²) in [6, 6.07) is 2.64. The lowest BCUT2D eigenvalue weighted by molar-refractivity contribution is 0.898. The summed E-state index contributed by atoms with van der Waals surface area (Å²) in [7, 11) is 0. The molecule has 0 aliphatic heterocycles. The highest BCUT2D eigenvalue weighted by molar-refractivity contribution is 5.31. The standard InChI is InChI=1S/C11H17N3/c1-4-9-6-8(3)12-11(13-9)14-10-5-7(10)2/h6-7,10H,4-5H2,1-3H3,(H,12,13,14). The van der Waals surface area contributed by atoms with Crippen LogP contribution in [0.2, 0.25) is 0 Å². The zero-order valence-electron chi connectivity index (χ0n) is 9.04. The zero-order valence-corrected chi connectivity index (χ0v) is 9.04. The molecule has 0 bridgehead atoms. The Morgan fingerprint density at radius 2 is 2.21 bits per heavy atom. The van der Waals surface area contributed by atoms with Crippen LogP contribution in [0.1, 0.15) is 31.7 Å². The molecule has 14 heavy (non-hydrogen) atoms. The third kappa shape index (κ3) is 2.03. The van der Waals surface area contributed by atoms with Gasteiger partial charge in [0.05, 0.1) is 0 Å². The highest BCUT2D eigenvalue weighted by Gasteiger charge is 2.32. The van der Waals surface area contributed by atoms with Crippen molar-refractivity contribution in [2.24, 2.45) is 5.92 Å². The molecule has 0 amide bonds. The third-order valence-corrected chi connectivity index (χ3v) is 2.69. The maximum absolute atomic E-state index is 4.44. The Bertz CT molecular complexity index is 335. The molecule has 1 heterocycles. The Morgan fingerprint density at radius 3 is 2.79 bits per heavy atom. The van der Waals surface area contributed by atoms with Crippen molar-refractivity contribution in [3.05, 3.63) is 17.5 Å². The van der Waals surface area contributed by atoms with Crippen LogP contribution < -0.4 is 5.32 Å². The fourth-order valence-electron chi connectivity index (χ4n) is 1.57. The highest BCUT2D eigenvalue weighted by atomic mass is 15.1. The van der Waals surface area contributed by atoms with Gasteiger partial charge in [0.2, 0.25) is 5.95 Å². The molecule has 1 fully saturated rings. The van der Waals surface area contributed by atoms with E-state index in [9.17, 15) is 0 Å². The summed E-state index contributed by atoms with van der Waals surface area (Å²) in [5.74, 6) is 1.58. The number of hydrogen-bond acceptors (Lipinski definition) is 3. The largest absolute Gasteiger partial charge is 0.351 e. The van der Waals surface area contributed by atoms with Gasteiger partial charge in [0.25, 0.3) is 0 Å². The van der Waals surface area contributed by atoms with Gasteiger partial charge in [0.15, 0.2) is 0 Å². The van der Waals surface area contributed by atoms with Crippen LogP contribution in [0.5, 0.6) is 0 Å². The lowest BCUT2D eigenvalue weighted by atomic mass is 10.3. The van der Waals surface area contributed by atoms with Crippen molar-refractivity contribution in [2.75, 3.05) is 5.32 Å². The van der Waals surface area contributed by atoms with Gasteiger partial charge in [-0.25, -0.2) is 9.97 Å². The molecule has 0 radical (unpaired) electrons. The average molecular weight is 191 g/mol. The van der Waals surface area contributed by atoms with E-state index in [-0.39, 0.29) is 0 Å². The van der Waals surface area contributed by atoms with Crippen LogP contribution in [0.15, 0.2) is 6.07 Å². The Morgan fingerprint density at radius 1 is 1.50 bits per heavy atom. The van der Waals surface area contributed by atoms with Gasteiger partial charge in [-0.05, 0) is 31.7 Å². The van der Waals surface area contributed by atoms with Crippen molar-refractivity contribution < 1.29 is 0 Å². The number of nitrogens with one attached hydrogen (secondary N) is 1. The summed E-state index contributed by atoms with van der Waals surface area (Å²) in [6.07, 6.45) is 2.22. The molecule has 1 aliphatic carbocycles. The second-order valence-corrected chi connectivity index (χ2v) is 4.14. The van der Waals surface area contributed by atoms with Crippen LogP contribution in [-0.4, -0.2) is 16.0 Å². The average Bonchev–Trinajstić information content (AvgIpc) is 2.80. The Kier molecular flexibility index (Phi) is 2.40. The van der Waals surface area contributed by atoms with Crippen LogP contribution in [0, 0.1) is 12.8 Å². The first-order chi connectivity index (χ1) is 6.69. The van der Waals surface area contributed by atoms with Gasteiger partial charge in [-0.1, -0.05) is 13.8 Å². The molecule has 1 aromatic rings. The molecule has 1 aliphatic rings. The highest BCUT2D eigenvalue weighted by Crippen LogP contribution is 2.31. The van der Waals surface area contributed by atoms with Crippen LogP contribution >= 0.6 is 0 Å². The number of aromatic nitrogens is 2. The molecule has 1 N–H and O–H groups in total. The summed E-state index contributed by atoms with van der Waals surface area (Å²) in [5.41, 5.74) is 2.17. The van der Waals surface area contributed by atoms with Crippen molar-refractivity contribution in [1.82, 2.24) is 9.97 Å². The predicted molar refractivity (Wildman–Crippen MR) is 57.3 cm³/mol. The monoisotopic (exact) mass is 191 g/mol. The van der Waals surface area contributed by atoms with Crippen LogP contribution in [0.4, 0.5) is 5.95 Å². The second-order valence-electron chi connectivity index (χ2n) is 4.14. The molecule has 2 rings (SSSR count). The van der Waals surface area contributed by atoms with Crippen molar-refractivity contribution in [1.29, 1.82) is 0 Å². The van der Waals surface area contributed by atoms with E-state index in [2.05, 4.69) is 29.1 Å². The Balaban J connectivity index is 2.12. The lowest BCUT2D eigenvalue weighted by Gasteiger charge is -2.06. The smallest absolute Gasteiger partial charge is 0.223 e. The summed E-state index contributed by atoms with van der Waals surface area (Å²) in [5, 5.41) is 3.36. The van der Waals surface area contributed by atoms with Gasteiger partial charge < -0.3 is 5.32 Å². The number of anilines is 1. The minimum atomic E-state index is 0.599. The molecular formula is C11H17N3. The van der Waals surface area contributed by atoms with E-state index < -0.39 is 0 Å². The van der Waals surface area contributed by atoms with Crippen molar-refractivity contribution in [2.45, 2.75) is 39.7 Å². The van der Waals surface area contributed by atoms with Crippen LogP contribution in [0.3, 0.4) is 0 Å². The molecule has 0 saturated heterocycles. The van der Waals surface area contributed by atoms with Gasteiger partial charge in [0, 0.05) is 17.4 Å². The first-order valence-electron chi connectivity index (χ1n) is 5.30. The van der Waals surface area contributed by atoms with Gasteiger partial charge in [-0.3, -0.25) is 0 Å². The number of rotatable bonds is 3. The van der Waals surface area contributed by atoms with E-state index >= 15 is 0 Å². The van der Waals surface area contributed by atoms with E-state index in [1.54, 1.807) is 0 Å². The molecule has 2 atom stereocenters. The summed E-state index contributed by atoms with van der Waals surface area (Å²) in [6.45, 7) is 6.38.